The molecule has 5 rings (SSSR count). The second kappa shape index (κ2) is 11.8. The van der Waals surface area contributed by atoms with Crippen LogP contribution in [0.15, 0.2) is 85.1 Å². The van der Waals surface area contributed by atoms with Crippen LogP contribution < -0.4 is 14.9 Å². The molecule has 0 aliphatic carbocycles. The predicted octanol–water partition coefficient (Wildman–Crippen LogP) is 5.44. The maximum Gasteiger partial charge on any atom is 0.418 e. The number of anilines is 2. The van der Waals surface area contributed by atoms with Crippen LogP contribution in [0.1, 0.15) is 34.5 Å². The van der Waals surface area contributed by atoms with Gasteiger partial charge in [-0.05, 0) is 42.2 Å². The number of halogens is 3. The second-order valence-electron chi connectivity index (χ2n) is 9.73. The average molecular weight is 584 g/mol. The van der Waals surface area contributed by atoms with Crippen molar-refractivity contribution in [3.05, 3.63) is 102 Å². The van der Waals surface area contributed by atoms with Gasteiger partial charge in [0.25, 0.3) is 5.91 Å². The zero-order valence-corrected chi connectivity index (χ0v) is 22.7. The smallest absolute Gasteiger partial charge is 0.357 e. The van der Waals surface area contributed by atoms with E-state index in [1.807, 2.05) is 35.2 Å². The Morgan fingerprint density at radius 3 is 2.24 bits per heavy atom. The van der Waals surface area contributed by atoms with Crippen LogP contribution in [0.25, 0.3) is 11.3 Å². The monoisotopic (exact) mass is 583 g/mol. The van der Waals surface area contributed by atoms with Crippen molar-refractivity contribution in [1.82, 2.24) is 14.7 Å². The lowest BCUT2D eigenvalue weighted by Crippen LogP contribution is -2.43. The molecule has 1 saturated heterocycles. The first kappa shape index (κ1) is 28.4. The van der Waals surface area contributed by atoms with Crippen molar-refractivity contribution in [2.24, 2.45) is 0 Å². The normalized spacial score (nSPS) is 14.7. The summed E-state index contributed by atoms with van der Waals surface area (Å²) in [5.41, 5.74) is 0.153. The van der Waals surface area contributed by atoms with E-state index in [-0.39, 0.29) is 17.9 Å². The number of benzene rings is 2. The third-order valence-electron chi connectivity index (χ3n) is 6.97. The van der Waals surface area contributed by atoms with E-state index in [9.17, 15) is 26.4 Å². The van der Waals surface area contributed by atoms with Crippen LogP contribution >= 0.6 is 0 Å². The summed E-state index contributed by atoms with van der Waals surface area (Å²) in [6.07, 6.45) is -2.52. The van der Waals surface area contributed by atoms with Gasteiger partial charge in [0.2, 0.25) is 10.0 Å². The summed E-state index contributed by atoms with van der Waals surface area (Å²) in [5.74, 6) is -0.360. The van der Waals surface area contributed by atoms with Crippen LogP contribution in [-0.2, 0) is 22.7 Å². The van der Waals surface area contributed by atoms with Crippen LogP contribution in [0.4, 0.5) is 24.7 Å². The van der Waals surface area contributed by atoms with Gasteiger partial charge in [-0.25, -0.2) is 18.1 Å². The molecule has 1 fully saturated rings. The van der Waals surface area contributed by atoms with Gasteiger partial charge in [-0.15, -0.1) is 0 Å². The minimum Gasteiger partial charge on any atom is -0.357 e. The molecule has 0 spiro atoms. The molecular weight excluding hydrogens is 555 g/mol. The van der Waals surface area contributed by atoms with Gasteiger partial charge < -0.3 is 15.2 Å². The molecule has 0 radical (unpaired) electrons. The zero-order chi connectivity index (χ0) is 29.0. The molecule has 0 saturated carbocycles. The van der Waals surface area contributed by atoms with Crippen LogP contribution in [0.5, 0.6) is 0 Å². The van der Waals surface area contributed by atoms with E-state index in [1.165, 1.54) is 6.20 Å². The molecule has 8 nitrogen and oxygen atoms in total. The number of alkyl halides is 3. The first-order valence-electron chi connectivity index (χ1n) is 13.0. The first-order chi connectivity index (χ1) is 19.6. The maximum absolute atomic E-state index is 13.7. The molecular formula is C29H28F3N5O3S. The third kappa shape index (κ3) is 6.77. The summed E-state index contributed by atoms with van der Waals surface area (Å²) >= 11 is 0. The number of aromatic amines is 1. The minimum atomic E-state index is -4.73. The number of hydrogen-bond donors (Lipinski definition) is 3. The van der Waals surface area contributed by atoms with E-state index in [4.69, 9.17) is 0 Å². The van der Waals surface area contributed by atoms with Crippen molar-refractivity contribution in [1.29, 1.82) is 0 Å². The Morgan fingerprint density at radius 2 is 1.63 bits per heavy atom. The SMILES string of the molecule is O=C(Nc1ccc(N2CCC(S(=O)(=O)NCc3ccccc3)CC2)nc1)c1[nH]c(-c2ccccc2)cc1C(F)(F)F. The molecule has 1 aliphatic rings. The summed E-state index contributed by atoms with van der Waals surface area (Å²) in [7, 11) is -3.49. The minimum absolute atomic E-state index is 0.178. The highest BCUT2D eigenvalue weighted by Crippen LogP contribution is 2.35. The fourth-order valence-electron chi connectivity index (χ4n) is 4.76. The molecule has 3 heterocycles. The number of nitrogens with zero attached hydrogens (tertiary/aromatic N) is 2. The lowest BCUT2D eigenvalue weighted by molar-refractivity contribution is -0.137. The fourth-order valence-corrected chi connectivity index (χ4v) is 6.20. The van der Waals surface area contributed by atoms with Crippen LogP contribution in [-0.4, -0.2) is 42.6 Å². The van der Waals surface area contributed by atoms with Gasteiger partial charge in [-0.1, -0.05) is 60.7 Å². The molecule has 1 amide bonds. The molecule has 0 unspecified atom stereocenters. The van der Waals surface area contributed by atoms with Crippen molar-refractivity contribution < 1.29 is 26.4 Å². The Hall–Kier alpha value is -4.16. The Kier molecular flexibility index (Phi) is 8.13. The van der Waals surface area contributed by atoms with E-state index in [2.05, 4.69) is 20.0 Å². The van der Waals surface area contributed by atoms with Gasteiger partial charge in [-0.2, -0.15) is 13.2 Å². The van der Waals surface area contributed by atoms with Crippen molar-refractivity contribution in [3.63, 3.8) is 0 Å². The number of carbonyl (C=O) groups is 1. The molecule has 0 bridgehead atoms. The lowest BCUT2D eigenvalue weighted by atomic mass is 10.1. The molecule has 2 aromatic carbocycles. The van der Waals surface area contributed by atoms with Crippen LogP contribution in [0.3, 0.4) is 0 Å². The summed E-state index contributed by atoms with van der Waals surface area (Å²) in [6, 6.07) is 21.9. The van der Waals surface area contributed by atoms with Crippen molar-refractivity contribution in [2.75, 3.05) is 23.3 Å². The van der Waals surface area contributed by atoms with E-state index in [0.717, 1.165) is 11.6 Å². The summed E-state index contributed by atoms with van der Waals surface area (Å²) in [5, 5.41) is 1.96. The molecule has 1 aliphatic heterocycles. The average Bonchev–Trinajstić information content (AvgIpc) is 3.45. The largest absolute Gasteiger partial charge is 0.418 e. The fraction of sp³-hybridized carbons (Fsp3) is 0.241. The highest BCUT2D eigenvalue weighted by Gasteiger charge is 2.37. The predicted molar refractivity (Wildman–Crippen MR) is 151 cm³/mol. The lowest BCUT2D eigenvalue weighted by Gasteiger charge is -2.32. The molecule has 41 heavy (non-hydrogen) atoms. The van der Waals surface area contributed by atoms with Gasteiger partial charge in [0, 0.05) is 25.3 Å². The molecule has 2 aromatic heterocycles. The Morgan fingerprint density at radius 1 is 0.976 bits per heavy atom. The van der Waals surface area contributed by atoms with Crippen LogP contribution in [0.2, 0.25) is 0 Å². The van der Waals surface area contributed by atoms with E-state index >= 15 is 0 Å². The third-order valence-corrected chi connectivity index (χ3v) is 8.86. The van der Waals surface area contributed by atoms with Crippen LogP contribution in [0, 0.1) is 0 Å². The van der Waals surface area contributed by atoms with Gasteiger partial charge in [0.15, 0.2) is 0 Å². The molecule has 12 heteroatoms. The quantitative estimate of drug-likeness (QED) is 0.256. The number of amides is 1. The zero-order valence-electron chi connectivity index (χ0n) is 21.9. The van der Waals surface area contributed by atoms with E-state index < -0.39 is 38.6 Å². The van der Waals surface area contributed by atoms with Gasteiger partial charge >= 0.3 is 6.18 Å². The molecule has 0 atom stereocenters. The number of carbonyl (C=O) groups excluding carboxylic acids is 1. The Bertz CT molecular complexity index is 1580. The summed E-state index contributed by atoms with van der Waals surface area (Å²) in [4.78, 5) is 21.7. The van der Waals surface area contributed by atoms with Gasteiger partial charge in [0.1, 0.15) is 11.5 Å². The topological polar surface area (TPSA) is 107 Å². The number of hydrogen-bond acceptors (Lipinski definition) is 5. The summed E-state index contributed by atoms with van der Waals surface area (Å²) < 4.78 is 69.3. The number of aromatic nitrogens is 2. The number of piperidine rings is 1. The molecule has 4 aromatic rings. The Labute approximate surface area is 235 Å². The van der Waals surface area contributed by atoms with Crippen molar-refractivity contribution in [2.45, 2.75) is 30.8 Å². The second-order valence-corrected chi connectivity index (χ2v) is 11.8. The highest BCUT2D eigenvalue weighted by atomic mass is 32.2. The molecule has 3 N–H and O–H groups in total. The van der Waals surface area contributed by atoms with Gasteiger partial charge in [0.05, 0.1) is 22.7 Å². The first-order valence-corrected chi connectivity index (χ1v) is 14.6. The van der Waals surface area contributed by atoms with E-state index in [1.54, 1.807) is 42.5 Å². The van der Waals surface area contributed by atoms with E-state index in [0.29, 0.717) is 37.3 Å². The standard InChI is InChI=1S/C29H28F3N5O3S/c30-29(31,32)24-17-25(21-9-5-2-6-10-21)36-27(24)28(38)35-22-11-12-26(33-19-22)37-15-13-23(14-16-37)41(39,40)34-18-20-7-3-1-4-8-20/h1-12,17,19,23,34,36H,13-16,18H2,(H,35,38). The molecule has 214 valence electrons. The number of nitrogens with one attached hydrogen (secondary N) is 3. The van der Waals surface area contributed by atoms with Gasteiger partial charge in [-0.3, -0.25) is 4.79 Å². The Balaban J connectivity index is 1.20. The van der Waals surface area contributed by atoms with Crippen molar-refractivity contribution >= 4 is 27.4 Å². The number of H-pyrrole nitrogens is 1. The maximum atomic E-state index is 13.7. The summed E-state index contributed by atoms with van der Waals surface area (Å²) in [6.45, 7) is 1.17. The number of pyridine rings is 1. The van der Waals surface area contributed by atoms with Crippen molar-refractivity contribution in [3.8, 4) is 11.3 Å². The number of rotatable bonds is 8. The number of sulfonamides is 1. The highest BCUT2D eigenvalue weighted by molar-refractivity contribution is 7.90.